The third-order valence-electron chi connectivity index (χ3n) is 5.77. The number of hydrogen-bond donors (Lipinski definition) is 0. The van der Waals surface area contributed by atoms with Gasteiger partial charge in [-0.15, -0.1) is 6.58 Å². The van der Waals surface area contributed by atoms with E-state index in [0.29, 0.717) is 17.7 Å². The number of alkyl halides is 1. The molecule has 7 heteroatoms. The van der Waals surface area contributed by atoms with E-state index in [-0.39, 0.29) is 60.7 Å². The summed E-state index contributed by atoms with van der Waals surface area (Å²) in [6, 6.07) is 4.66. The minimum atomic E-state index is -1.21. The monoisotopic (exact) mass is 436 g/mol. The van der Waals surface area contributed by atoms with Crippen LogP contribution in [0, 0.1) is 23.4 Å². The van der Waals surface area contributed by atoms with Crippen LogP contribution in [0.2, 0.25) is 0 Å². The molecule has 1 saturated heterocycles. The van der Waals surface area contributed by atoms with Crippen molar-refractivity contribution in [3.63, 3.8) is 0 Å². The highest BCUT2D eigenvalue weighted by molar-refractivity contribution is 5.54. The highest BCUT2D eigenvalue weighted by Gasteiger charge is 2.29. The van der Waals surface area contributed by atoms with Crippen LogP contribution in [0.25, 0.3) is 0 Å². The molecular weight excluding hydrogens is 412 g/mol. The fourth-order valence-electron chi connectivity index (χ4n) is 3.98. The molecule has 2 unspecified atom stereocenters. The van der Waals surface area contributed by atoms with Crippen LogP contribution in [0.4, 0.5) is 17.6 Å². The molecule has 0 N–H and O–H groups in total. The largest absolute Gasteiger partial charge is 0.490 e. The van der Waals surface area contributed by atoms with Crippen molar-refractivity contribution in [2.75, 3.05) is 19.9 Å². The van der Waals surface area contributed by atoms with Crippen LogP contribution in [0.1, 0.15) is 36.0 Å². The van der Waals surface area contributed by atoms with Crippen LogP contribution >= 0.6 is 0 Å². The Labute approximate surface area is 178 Å². The van der Waals surface area contributed by atoms with E-state index in [9.17, 15) is 17.6 Å². The fourth-order valence-corrected chi connectivity index (χ4v) is 3.98. The Kier molecular flexibility index (Phi) is 6.51. The first-order valence-electron chi connectivity index (χ1n) is 10.4. The maximum absolute atomic E-state index is 14.8. The zero-order valence-electron chi connectivity index (χ0n) is 17.1. The quantitative estimate of drug-likeness (QED) is 0.333. The predicted octanol–water partition coefficient (Wildman–Crippen LogP) is 6.06. The van der Waals surface area contributed by atoms with E-state index in [1.165, 1.54) is 6.07 Å². The van der Waals surface area contributed by atoms with Gasteiger partial charge in [0.2, 0.25) is 11.6 Å². The van der Waals surface area contributed by atoms with Crippen molar-refractivity contribution in [3.05, 3.63) is 65.0 Å². The normalized spacial score (nSPS) is 19.9. The first-order valence-corrected chi connectivity index (χ1v) is 10.4. The van der Waals surface area contributed by atoms with E-state index < -0.39 is 24.1 Å². The van der Waals surface area contributed by atoms with Crippen molar-refractivity contribution in [1.29, 1.82) is 0 Å². The summed E-state index contributed by atoms with van der Waals surface area (Å²) in [4.78, 5) is 0. The number of ether oxygens (including phenoxy) is 3. The zero-order chi connectivity index (χ0) is 22.0. The smallest absolute Gasteiger partial charge is 0.205 e. The van der Waals surface area contributed by atoms with Crippen LogP contribution in [-0.2, 0) is 17.6 Å². The Bertz CT molecular complexity index is 968. The Hall–Kier alpha value is -2.54. The molecule has 2 atom stereocenters. The summed E-state index contributed by atoms with van der Waals surface area (Å²) in [5.74, 6) is -3.64. The van der Waals surface area contributed by atoms with Gasteiger partial charge in [-0.25, -0.2) is 4.39 Å². The molecule has 2 heterocycles. The van der Waals surface area contributed by atoms with Crippen LogP contribution in [0.3, 0.4) is 0 Å². The highest BCUT2D eigenvalue weighted by Crippen LogP contribution is 2.43. The Balaban J connectivity index is 1.52. The van der Waals surface area contributed by atoms with E-state index in [2.05, 4.69) is 6.58 Å². The lowest BCUT2D eigenvalue weighted by Crippen LogP contribution is -2.28. The van der Waals surface area contributed by atoms with E-state index in [4.69, 9.17) is 14.2 Å². The molecular formula is C24H24F4O3. The minimum absolute atomic E-state index is 0.0178. The first-order chi connectivity index (χ1) is 15.0. The van der Waals surface area contributed by atoms with Gasteiger partial charge in [0.05, 0.1) is 26.0 Å². The lowest BCUT2D eigenvalue weighted by atomic mass is 9.96. The number of benzene rings is 2. The van der Waals surface area contributed by atoms with Crippen molar-refractivity contribution in [1.82, 2.24) is 0 Å². The van der Waals surface area contributed by atoms with Crippen LogP contribution < -0.4 is 9.47 Å². The van der Waals surface area contributed by atoms with Crippen molar-refractivity contribution in [2.45, 2.75) is 38.2 Å². The molecule has 0 amide bonds. The van der Waals surface area contributed by atoms with Crippen molar-refractivity contribution >= 4 is 0 Å². The lowest BCUT2D eigenvalue weighted by molar-refractivity contribution is -0.00333. The molecule has 0 bridgehead atoms. The number of rotatable bonds is 7. The van der Waals surface area contributed by atoms with Crippen molar-refractivity contribution in [3.8, 4) is 17.2 Å². The standard InChI is InChI=1S/C24H24F4O3/c1-2-18-8-5-14(12-29-18)13-30-19-11-17-10-16-7-6-15(4-3-9-25)20(26)23(16)31-24(17)22(28)21(19)27/h2,6-7,11,14,18H,1,3-5,8-10,12-13H2. The summed E-state index contributed by atoms with van der Waals surface area (Å²) < 4.78 is 73.2. The number of aryl methyl sites for hydroxylation is 1. The van der Waals surface area contributed by atoms with Gasteiger partial charge in [-0.05, 0) is 37.3 Å². The van der Waals surface area contributed by atoms with Gasteiger partial charge < -0.3 is 14.2 Å². The molecule has 0 saturated carbocycles. The first kappa shape index (κ1) is 21.7. The number of halogens is 4. The van der Waals surface area contributed by atoms with Gasteiger partial charge in [-0.1, -0.05) is 18.2 Å². The van der Waals surface area contributed by atoms with Gasteiger partial charge in [0, 0.05) is 23.5 Å². The van der Waals surface area contributed by atoms with Crippen molar-refractivity contribution < 1.29 is 31.8 Å². The topological polar surface area (TPSA) is 27.7 Å². The average Bonchev–Trinajstić information content (AvgIpc) is 2.79. The van der Waals surface area contributed by atoms with Gasteiger partial charge in [-0.3, -0.25) is 4.39 Å². The van der Waals surface area contributed by atoms with E-state index >= 15 is 0 Å². The molecule has 2 aromatic carbocycles. The molecule has 1 fully saturated rings. The molecule has 4 rings (SSSR count). The van der Waals surface area contributed by atoms with Gasteiger partial charge in [0.15, 0.2) is 23.1 Å². The average molecular weight is 436 g/mol. The molecule has 31 heavy (non-hydrogen) atoms. The second-order valence-electron chi connectivity index (χ2n) is 7.95. The number of hydrogen-bond acceptors (Lipinski definition) is 3. The third kappa shape index (κ3) is 4.42. The summed E-state index contributed by atoms with van der Waals surface area (Å²) in [7, 11) is 0. The molecule has 0 spiro atoms. The summed E-state index contributed by atoms with van der Waals surface area (Å²) in [5.41, 5.74) is 1.18. The number of fused-ring (bicyclic) bond motifs is 2. The maximum Gasteiger partial charge on any atom is 0.205 e. The van der Waals surface area contributed by atoms with E-state index in [1.807, 2.05) is 0 Å². The summed E-state index contributed by atoms with van der Waals surface area (Å²) in [6.45, 7) is 3.80. The van der Waals surface area contributed by atoms with Gasteiger partial charge >= 0.3 is 0 Å². The van der Waals surface area contributed by atoms with Crippen LogP contribution in [0.15, 0.2) is 30.9 Å². The van der Waals surface area contributed by atoms with Gasteiger partial charge in [0.25, 0.3) is 0 Å². The molecule has 2 aliphatic heterocycles. The van der Waals surface area contributed by atoms with Crippen molar-refractivity contribution in [2.24, 2.45) is 5.92 Å². The summed E-state index contributed by atoms with van der Waals surface area (Å²) >= 11 is 0. The minimum Gasteiger partial charge on any atom is -0.490 e. The van der Waals surface area contributed by atoms with E-state index in [0.717, 1.165) is 12.8 Å². The Morgan fingerprint density at radius 3 is 2.58 bits per heavy atom. The predicted molar refractivity (Wildman–Crippen MR) is 108 cm³/mol. The molecule has 3 nitrogen and oxygen atoms in total. The second kappa shape index (κ2) is 9.30. The molecule has 2 aromatic rings. The van der Waals surface area contributed by atoms with Crippen LogP contribution in [-0.4, -0.2) is 26.0 Å². The zero-order valence-corrected chi connectivity index (χ0v) is 17.1. The maximum atomic E-state index is 14.8. The highest BCUT2D eigenvalue weighted by atomic mass is 19.2. The van der Waals surface area contributed by atoms with E-state index in [1.54, 1.807) is 18.2 Å². The fraction of sp³-hybridized carbons (Fsp3) is 0.417. The van der Waals surface area contributed by atoms with Crippen LogP contribution in [0.5, 0.6) is 17.2 Å². The third-order valence-corrected chi connectivity index (χ3v) is 5.77. The molecule has 2 aliphatic rings. The van der Waals surface area contributed by atoms with Gasteiger partial charge in [-0.2, -0.15) is 8.78 Å². The lowest BCUT2D eigenvalue weighted by Gasteiger charge is -2.27. The van der Waals surface area contributed by atoms with Gasteiger partial charge in [0.1, 0.15) is 0 Å². The Morgan fingerprint density at radius 2 is 1.87 bits per heavy atom. The summed E-state index contributed by atoms with van der Waals surface area (Å²) in [5, 5.41) is 0. The second-order valence-corrected chi connectivity index (χ2v) is 7.95. The molecule has 0 aliphatic carbocycles. The SMILES string of the molecule is C=CC1CCC(COc2cc3c(c(F)c2F)Oc2c(ccc(CCCF)c2F)C3)CO1. The molecule has 0 radical (unpaired) electrons. The summed E-state index contributed by atoms with van der Waals surface area (Å²) in [6.07, 6.45) is 3.97. The molecule has 0 aromatic heterocycles. The molecule has 166 valence electrons. The Morgan fingerprint density at radius 1 is 1.06 bits per heavy atom.